The predicted molar refractivity (Wildman–Crippen MR) is 72.3 cm³/mol. The number of rotatable bonds is 5. The van der Waals surface area contributed by atoms with Gasteiger partial charge in [-0.05, 0) is 35.5 Å². The van der Waals surface area contributed by atoms with Crippen molar-refractivity contribution in [3.05, 3.63) is 38.1 Å². The van der Waals surface area contributed by atoms with E-state index in [2.05, 4.69) is 21.2 Å². The lowest BCUT2D eigenvalue weighted by molar-refractivity contribution is -0.385. The van der Waals surface area contributed by atoms with Gasteiger partial charge in [-0.2, -0.15) is 0 Å². The summed E-state index contributed by atoms with van der Waals surface area (Å²) < 4.78 is 13.7. The van der Waals surface area contributed by atoms with E-state index in [-0.39, 0.29) is 22.1 Å². The molecule has 1 aromatic carbocycles. The number of halogens is 2. The lowest BCUT2D eigenvalue weighted by Gasteiger charge is -2.22. The second-order valence-corrected chi connectivity index (χ2v) is 5.03. The van der Waals surface area contributed by atoms with E-state index in [1.54, 1.807) is 7.05 Å². The molecule has 0 saturated carbocycles. The molecule has 0 amide bonds. The van der Waals surface area contributed by atoms with Gasteiger partial charge in [0.1, 0.15) is 5.82 Å². The van der Waals surface area contributed by atoms with E-state index < -0.39 is 10.7 Å². The number of nitrogens with zero attached hydrogens (tertiary/aromatic N) is 1. The van der Waals surface area contributed by atoms with Crippen molar-refractivity contribution in [2.24, 2.45) is 0 Å². The summed E-state index contributed by atoms with van der Waals surface area (Å²) in [5.41, 5.74) is 0.367. The first-order chi connectivity index (χ1) is 8.42. The summed E-state index contributed by atoms with van der Waals surface area (Å²) in [4.78, 5) is 10.6. The van der Waals surface area contributed by atoms with E-state index in [0.717, 1.165) is 6.42 Å². The van der Waals surface area contributed by atoms with Gasteiger partial charge in [-0.25, -0.2) is 4.39 Å². The number of likely N-dealkylation sites (N-methyl/N-ethyl adjacent to an activating group) is 1. The molecule has 2 atom stereocenters. The van der Waals surface area contributed by atoms with Crippen molar-refractivity contribution in [1.82, 2.24) is 5.32 Å². The van der Waals surface area contributed by atoms with Gasteiger partial charge in [0.05, 0.1) is 9.40 Å². The molecule has 1 rings (SSSR count). The summed E-state index contributed by atoms with van der Waals surface area (Å²) in [5.74, 6) is -0.614. The normalized spacial score (nSPS) is 14.3. The SMILES string of the molecule is CCC(NC)C(C)c1cc(F)c(Br)cc1[N+](=O)[O-]. The van der Waals surface area contributed by atoms with Crippen LogP contribution in [0.15, 0.2) is 16.6 Å². The summed E-state index contributed by atoms with van der Waals surface area (Å²) in [5, 5.41) is 14.1. The highest BCUT2D eigenvalue weighted by Gasteiger charge is 2.25. The lowest BCUT2D eigenvalue weighted by atomic mass is 9.90. The molecule has 0 saturated heterocycles. The molecule has 6 heteroatoms. The molecule has 0 aliphatic heterocycles. The number of nitro groups is 1. The van der Waals surface area contributed by atoms with Crippen LogP contribution in [-0.4, -0.2) is 18.0 Å². The summed E-state index contributed by atoms with van der Waals surface area (Å²) in [6.07, 6.45) is 0.812. The highest BCUT2D eigenvalue weighted by atomic mass is 79.9. The van der Waals surface area contributed by atoms with Crippen LogP contribution in [0.1, 0.15) is 31.7 Å². The topological polar surface area (TPSA) is 55.2 Å². The van der Waals surface area contributed by atoms with Gasteiger partial charge < -0.3 is 5.32 Å². The van der Waals surface area contributed by atoms with Gasteiger partial charge in [0.2, 0.25) is 0 Å². The first-order valence-corrected chi connectivity index (χ1v) is 6.52. The predicted octanol–water partition coefficient (Wildman–Crippen LogP) is 3.60. The van der Waals surface area contributed by atoms with E-state index in [0.29, 0.717) is 5.56 Å². The Hall–Kier alpha value is -1.01. The maximum Gasteiger partial charge on any atom is 0.274 e. The van der Waals surface area contributed by atoms with Crippen LogP contribution < -0.4 is 5.32 Å². The van der Waals surface area contributed by atoms with Crippen molar-refractivity contribution in [2.45, 2.75) is 32.2 Å². The van der Waals surface area contributed by atoms with Gasteiger partial charge in [0.25, 0.3) is 5.69 Å². The van der Waals surface area contributed by atoms with Crippen LogP contribution in [0, 0.1) is 15.9 Å². The second kappa shape index (κ2) is 6.24. The minimum absolute atomic E-state index is 0.0514. The van der Waals surface area contributed by atoms with Crippen molar-refractivity contribution in [2.75, 3.05) is 7.05 Å². The minimum Gasteiger partial charge on any atom is -0.316 e. The zero-order chi connectivity index (χ0) is 13.9. The molecule has 2 unspecified atom stereocenters. The standard InChI is InChI=1S/C12H16BrFN2O2/c1-4-11(15-3)7(2)8-5-10(14)9(13)6-12(8)16(17)18/h5-7,11,15H,4H2,1-3H3. The van der Waals surface area contributed by atoms with E-state index in [1.807, 2.05) is 13.8 Å². The molecular weight excluding hydrogens is 303 g/mol. The molecule has 0 aliphatic rings. The fourth-order valence-electron chi connectivity index (χ4n) is 2.10. The number of hydrogen-bond acceptors (Lipinski definition) is 3. The third-order valence-corrected chi connectivity index (χ3v) is 3.78. The first kappa shape index (κ1) is 15.0. The number of hydrogen-bond donors (Lipinski definition) is 1. The minimum atomic E-state index is -0.478. The second-order valence-electron chi connectivity index (χ2n) is 4.17. The third-order valence-electron chi connectivity index (χ3n) is 3.17. The molecule has 1 N–H and O–H groups in total. The lowest BCUT2D eigenvalue weighted by Crippen LogP contribution is -2.30. The summed E-state index contributed by atoms with van der Waals surface area (Å²) in [7, 11) is 1.80. The molecule has 0 radical (unpaired) electrons. The monoisotopic (exact) mass is 318 g/mol. The average Bonchev–Trinajstić information content (AvgIpc) is 2.33. The number of benzene rings is 1. The summed E-state index contributed by atoms with van der Waals surface area (Å²) in [6.45, 7) is 3.85. The van der Waals surface area contributed by atoms with Gasteiger partial charge in [-0.1, -0.05) is 13.8 Å². The van der Waals surface area contributed by atoms with Gasteiger partial charge in [-0.15, -0.1) is 0 Å². The number of nitrogens with one attached hydrogen (secondary N) is 1. The Labute approximate surface area is 114 Å². The summed E-state index contributed by atoms with van der Waals surface area (Å²) >= 11 is 2.97. The zero-order valence-corrected chi connectivity index (χ0v) is 12.1. The van der Waals surface area contributed by atoms with E-state index in [4.69, 9.17) is 0 Å². The molecule has 0 aliphatic carbocycles. The summed E-state index contributed by atoms with van der Waals surface area (Å²) in [6, 6.07) is 2.54. The highest BCUT2D eigenvalue weighted by molar-refractivity contribution is 9.10. The Kier molecular flexibility index (Phi) is 5.22. The Bertz CT molecular complexity index is 450. The van der Waals surface area contributed by atoms with E-state index in [1.165, 1.54) is 12.1 Å². The molecular formula is C12H16BrFN2O2. The smallest absolute Gasteiger partial charge is 0.274 e. The quantitative estimate of drug-likeness (QED) is 0.666. The molecule has 0 aromatic heterocycles. The molecule has 1 aromatic rings. The molecule has 0 spiro atoms. The van der Waals surface area contributed by atoms with Crippen molar-refractivity contribution in [3.8, 4) is 0 Å². The molecule has 18 heavy (non-hydrogen) atoms. The average molecular weight is 319 g/mol. The van der Waals surface area contributed by atoms with Gasteiger partial charge in [0, 0.05) is 23.6 Å². The molecule has 0 heterocycles. The Morgan fingerprint density at radius 1 is 1.56 bits per heavy atom. The fourth-order valence-corrected chi connectivity index (χ4v) is 2.43. The highest BCUT2D eigenvalue weighted by Crippen LogP contribution is 2.33. The molecule has 100 valence electrons. The number of nitro benzene ring substituents is 1. The Morgan fingerprint density at radius 2 is 2.17 bits per heavy atom. The van der Waals surface area contributed by atoms with Crippen molar-refractivity contribution in [3.63, 3.8) is 0 Å². The van der Waals surface area contributed by atoms with Crippen molar-refractivity contribution in [1.29, 1.82) is 0 Å². The first-order valence-electron chi connectivity index (χ1n) is 5.72. The maximum atomic E-state index is 13.6. The maximum absolute atomic E-state index is 13.6. The van der Waals surface area contributed by atoms with E-state index >= 15 is 0 Å². The third kappa shape index (κ3) is 3.05. The molecule has 0 fully saturated rings. The van der Waals surface area contributed by atoms with E-state index in [9.17, 15) is 14.5 Å². The van der Waals surface area contributed by atoms with Crippen LogP contribution in [0.2, 0.25) is 0 Å². The van der Waals surface area contributed by atoms with Crippen LogP contribution >= 0.6 is 15.9 Å². The van der Waals surface area contributed by atoms with Crippen molar-refractivity contribution < 1.29 is 9.31 Å². The Morgan fingerprint density at radius 3 is 2.61 bits per heavy atom. The van der Waals surface area contributed by atoms with Crippen LogP contribution in [0.5, 0.6) is 0 Å². The van der Waals surface area contributed by atoms with Crippen molar-refractivity contribution >= 4 is 21.6 Å². The van der Waals surface area contributed by atoms with Crippen LogP contribution in [0.25, 0.3) is 0 Å². The fraction of sp³-hybridized carbons (Fsp3) is 0.500. The van der Waals surface area contributed by atoms with Crippen LogP contribution in [0.4, 0.5) is 10.1 Å². The van der Waals surface area contributed by atoms with Crippen LogP contribution in [-0.2, 0) is 0 Å². The zero-order valence-electron chi connectivity index (χ0n) is 10.5. The van der Waals surface area contributed by atoms with Crippen LogP contribution in [0.3, 0.4) is 0 Å². The van der Waals surface area contributed by atoms with Gasteiger partial charge >= 0.3 is 0 Å². The Balaban J connectivity index is 3.29. The van der Waals surface area contributed by atoms with Gasteiger partial charge in [0.15, 0.2) is 0 Å². The van der Waals surface area contributed by atoms with Gasteiger partial charge in [-0.3, -0.25) is 10.1 Å². The largest absolute Gasteiger partial charge is 0.316 e. The molecule has 4 nitrogen and oxygen atoms in total. The molecule has 0 bridgehead atoms.